The van der Waals surface area contributed by atoms with Gasteiger partial charge in [0.25, 0.3) is 0 Å². The molecular weight excluding hydrogens is 262 g/mol. The van der Waals surface area contributed by atoms with Crippen LogP contribution in [0, 0.1) is 0 Å². The number of hydroxylamine groups is 3. The number of nitrogens with zero attached hydrogens (tertiary/aromatic N) is 1. The van der Waals surface area contributed by atoms with E-state index in [-0.39, 0.29) is 5.97 Å². The summed E-state index contributed by atoms with van der Waals surface area (Å²) in [4.78, 5) is 16.7. The molecule has 0 bridgehead atoms. The first-order chi connectivity index (χ1) is 10.1. The minimum atomic E-state index is -0.161. The van der Waals surface area contributed by atoms with E-state index in [2.05, 4.69) is 20.8 Å². The Morgan fingerprint density at radius 3 is 1.57 bits per heavy atom. The smallest absolute Gasteiger partial charge is 0.277 e. The Hall–Kier alpha value is -0.570. The second-order valence-electron chi connectivity index (χ2n) is 6.18. The molecule has 0 fully saturated rings. The van der Waals surface area contributed by atoms with E-state index >= 15 is 0 Å². The molecule has 0 radical (unpaired) electrons. The van der Waals surface area contributed by atoms with Crippen LogP contribution in [0.15, 0.2) is 0 Å². The van der Waals surface area contributed by atoms with Gasteiger partial charge in [-0.05, 0) is 20.3 Å². The molecule has 0 aliphatic heterocycles. The minimum absolute atomic E-state index is 0.161. The van der Waals surface area contributed by atoms with Gasteiger partial charge in [-0.25, -0.2) is 4.79 Å². The Bertz CT molecular complexity index is 250. The quantitative estimate of drug-likeness (QED) is 0.249. The third-order valence-electron chi connectivity index (χ3n) is 4.39. The van der Waals surface area contributed by atoms with E-state index in [1.165, 1.54) is 64.7 Å². The average Bonchev–Trinajstić information content (AvgIpc) is 2.47. The summed E-state index contributed by atoms with van der Waals surface area (Å²) in [5.74, 6) is -0.161. The van der Waals surface area contributed by atoms with Crippen LogP contribution in [0.5, 0.6) is 0 Å². The summed E-state index contributed by atoms with van der Waals surface area (Å²) in [5, 5.41) is 0. The van der Waals surface area contributed by atoms with Crippen LogP contribution in [0.1, 0.15) is 91.9 Å². The maximum atomic E-state index is 11.2. The molecule has 0 aliphatic rings. The van der Waals surface area contributed by atoms with Crippen LogP contribution in [0.2, 0.25) is 0 Å². The number of rotatable bonds is 14. The van der Waals surface area contributed by atoms with Crippen LogP contribution >= 0.6 is 0 Å². The van der Waals surface area contributed by atoms with Gasteiger partial charge in [0.2, 0.25) is 0 Å². The second-order valence-corrected chi connectivity index (χ2v) is 6.18. The minimum Gasteiger partial charge on any atom is -0.277 e. The van der Waals surface area contributed by atoms with Crippen LogP contribution in [-0.2, 0) is 9.63 Å². The summed E-state index contributed by atoms with van der Waals surface area (Å²) in [6.07, 6.45) is 13.4. The summed E-state index contributed by atoms with van der Waals surface area (Å²) in [6.45, 7) is 10.7. The normalized spacial score (nSPS) is 11.6. The van der Waals surface area contributed by atoms with E-state index in [9.17, 15) is 4.79 Å². The first-order valence-electron chi connectivity index (χ1n) is 9.16. The summed E-state index contributed by atoms with van der Waals surface area (Å²) >= 11 is 0. The van der Waals surface area contributed by atoms with Gasteiger partial charge in [-0.15, -0.1) is 4.65 Å². The van der Waals surface area contributed by atoms with Crippen molar-refractivity contribution in [2.75, 3.05) is 19.6 Å². The molecule has 0 aromatic carbocycles. The van der Waals surface area contributed by atoms with Crippen molar-refractivity contribution in [2.24, 2.45) is 0 Å². The lowest BCUT2D eigenvalue weighted by Crippen LogP contribution is -2.49. The molecule has 0 aromatic rings. The highest BCUT2D eigenvalue weighted by Crippen LogP contribution is 2.14. The number of hydrogen-bond acceptors (Lipinski definition) is 2. The number of unbranched alkanes of at least 4 members (excludes halogenated alkanes) is 9. The van der Waals surface area contributed by atoms with E-state index in [4.69, 9.17) is 4.84 Å². The summed E-state index contributed by atoms with van der Waals surface area (Å²) in [6, 6.07) is 0. The van der Waals surface area contributed by atoms with Crippen LogP contribution in [-0.4, -0.2) is 30.2 Å². The Kier molecular flexibility index (Phi) is 12.8. The number of quaternary nitrogens is 1. The molecule has 0 saturated carbocycles. The van der Waals surface area contributed by atoms with Crippen molar-refractivity contribution < 1.29 is 14.3 Å². The molecule has 0 aromatic heterocycles. The van der Waals surface area contributed by atoms with Gasteiger partial charge in [0.05, 0.1) is 0 Å². The topological polar surface area (TPSA) is 26.3 Å². The summed E-state index contributed by atoms with van der Waals surface area (Å²) in [5.41, 5.74) is 0. The molecule has 3 nitrogen and oxygen atoms in total. The number of carbonyl (C=O) groups is 1. The van der Waals surface area contributed by atoms with Crippen molar-refractivity contribution in [2.45, 2.75) is 91.9 Å². The highest BCUT2D eigenvalue weighted by molar-refractivity contribution is 5.65. The van der Waals surface area contributed by atoms with Crippen molar-refractivity contribution >= 4 is 5.97 Å². The Morgan fingerprint density at radius 1 is 0.762 bits per heavy atom. The van der Waals surface area contributed by atoms with E-state index in [0.717, 1.165) is 26.1 Å². The highest BCUT2D eigenvalue weighted by atomic mass is 16.7. The van der Waals surface area contributed by atoms with Gasteiger partial charge in [-0.3, -0.25) is 4.84 Å². The average molecular weight is 301 g/mol. The lowest BCUT2D eigenvalue weighted by molar-refractivity contribution is -1.09. The Labute approximate surface area is 132 Å². The van der Waals surface area contributed by atoms with Crippen LogP contribution in [0.3, 0.4) is 0 Å². The molecule has 126 valence electrons. The van der Waals surface area contributed by atoms with Gasteiger partial charge in [0, 0.05) is 13.3 Å². The molecule has 0 unspecified atom stereocenters. The maximum Gasteiger partial charge on any atom is 0.363 e. The van der Waals surface area contributed by atoms with Crippen molar-refractivity contribution in [1.29, 1.82) is 0 Å². The van der Waals surface area contributed by atoms with Crippen LogP contribution in [0.25, 0.3) is 0 Å². The third kappa shape index (κ3) is 10.8. The standard InChI is InChI=1S/C18H38NO2/c1-5-8-9-10-11-12-13-14-15-16-17-19(6-2,7-3)21-18(4)20/h5-17H2,1-4H3/q+1. The van der Waals surface area contributed by atoms with Crippen LogP contribution in [0.4, 0.5) is 0 Å². The van der Waals surface area contributed by atoms with E-state index in [0.29, 0.717) is 4.65 Å². The lowest BCUT2D eigenvalue weighted by Gasteiger charge is -2.32. The van der Waals surface area contributed by atoms with Gasteiger partial charge in [0.15, 0.2) is 0 Å². The largest absolute Gasteiger partial charge is 0.363 e. The predicted molar refractivity (Wildman–Crippen MR) is 89.8 cm³/mol. The van der Waals surface area contributed by atoms with Crippen LogP contribution < -0.4 is 0 Å². The summed E-state index contributed by atoms with van der Waals surface area (Å²) < 4.78 is 0.492. The first kappa shape index (κ1) is 20.4. The van der Waals surface area contributed by atoms with Crippen molar-refractivity contribution in [1.82, 2.24) is 0 Å². The molecule has 0 aliphatic carbocycles. The van der Waals surface area contributed by atoms with E-state index in [1.54, 1.807) is 0 Å². The molecule has 0 rings (SSSR count). The molecule has 0 spiro atoms. The Balaban J connectivity index is 3.61. The van der Waals surface area contributed by atoms with Crippen molar-refractivity contribution in [3.05, 3.63) is 0 Å². The molecule has 0 atom stereocenters. The fourth-order valence-electron chi connectivity index (χ4n) is 2.87. The number of hydrogen-bond donors (Lipinski definition) is 0. The van der Waals surface area contributed by atoms with Crippen molar-refractivity contribution in [3.8, 4) is 0 Å². The molecule has 21 heavy (non-hydrogen) atoms. The molecule has 0 heterocycles. The fraction of sp³-hybridized carbons (Fsp3) is 0.944. The van der Waals surface area contributed by atoms with E-state index in [1.807, 2.05) is 0 Å². The molecular formula is C18H38NO2+. The predicted octanol–water partition coefficient (Wildman–Crippen LogP) is 5.24. The fourth-order valence-corrected chi connectivity index (χ4v) is 2.87. The monoisotopic (exact) mass is 300 g/mol. The van der Waals surface area contributed by atoms with E-state index < -0.39 is 0 Å². The van der Waals surface area contributed by atoms with Gasteiger partial charge >= 0.3 is 5.97 Å². The zero-order valence-electron chi connectivity index (χ0n) is 15.0. The first-order valence-corrected chi connectivity index (χ1v) is 9.16. The molecule has 3 heteroatoms. The van der Waals surface area contributed by atoms with Gasteiger partial charge < -0.3 is 0 Å². The highest BCUT2D eigenvalue weighted by Gasteiger charge is 2.27. The zero-order chi connectivity index (χ0) is 16.0. The van der Waals surface area contributed by atoms with Gasteiger partial charge in [-0.2, -0.15) is 0 Å². The van der Waals surface area contributed by atoms with Crippen molar-refractivity contribution in [3.63, 3.8) is 0 Å². The maximum absolute atomic E-state index is 11.2. The molecule has 0 saturated heterocycles. The second kappa shape index (κ2) is 13.1. The molecule has 0 amide bonds. The van der Waals surface area contributed by atoms with Gasteiger partial charge in [-0.1, -0.05) is 58.3 Å². The SMILES string of the molecule is CCCCCCCCCCCC[N+](CC)(CC)OC(C)=O. The number of carbonyl (C=O) groups excluding carboxylic acids is 1. The Morgan fingerprint density at radius 2 is 1.19 bits per heavy atom. The zero-order valence-corrected chi connectivity index (χ0v) is 15.0. The lowest BCUT2D eigenvalue weighted by atomic mass is 10.1. The molecule has 0 N–H and O–H groups in total. The van der Waals surface area contributed by atoms with Gasteiger partial charge in [0.1, 0.15) is 19.6 Å². The third-order valence-corrected chi connectivity index (χ3v) is 4.39. The summed E-state index contributed by atoms with van der Waals surface area (Å²) in [7, 11) is 0.